The van der Waals surface area contributed by atoms with E-state index in [9.17, 15) is 9.59 Å². The molecular weight excluding hydrogens is 342 g/mol. The van der Waals surface area contributed by atoms with E-state index in [4.69, 9.17) is 14.6 Å². The number of amides is 1. The number of carboxylic acids is 1. The predicted molar refractivity (Wildman–Crippen MR) is 96.4 cm³/mol. The molecule has 1 atom stereocenters. The summed E-state index contributed by atoms with van der Waals surface area (Å²) in [6.45, 7) is 5.15. The molecule has 1 unspecified atom stereocenters. The number of benzene rings is 1. The number of nitrogens with one attached hydrogen (secondary N) is 1. The van der Waals surface area contributed by atoms with Gasteiger partial charge in [-0.1, -0.05) is 13.8 Å². The van der Waals surface area contributed by atoms with Crippen LogP contribution in [0.15, 0.2) is 23.1 Å². The zero-order chi connectivity index (χ0) is 18.2. The lowest BCUT2D eigenvalue weighted by Gasteiger charge is -2.16. The van der Waals surface area contributed by atoms with Gasteiger partial charge in [0.15, 0.2) is 11.5 Å². The number of carboxylic acid groups (broad SMARTS) is 1. The molecule has 2 rings (SSSR count). The fraction of sp³-hybridized carbons (Fsp3) is 0.556. The Hall–Kier alpha value is -1.89. The highest BCUT2D eigenvalue weighted by Gasteiger charge is 2.20. The third-order valence-corrected chi connectivity index (χ3v) is 4.65. The van der Waals surface area contributed by atoms with Crippen LogP contribution < -0.4 is 14.8 Å². The maximum Gasteiger partial charge on any atom is 0.326 e. The lowest BCUT2D eigenvalue weighted by atomic mass is 10.0. The highest BCUT2D eigenvalue weighted by atomic mass is 32.2. The van der Waals surface area contributed by atoms with Crippen molar-refractivity contribution >= 4 is 23.6 Å². The molecule has 0 aromatic heterocycles. The van der Waals surface area contributed by atoms with E-state index in [0.29, 0.717) is 25.4 Å². The van der Waals surface area contributed by atoms with Gasteiger partial charge in [0.1, 0.15) is 6.04 Å². The van der Waals surface area contributed by atoms with Gasteiger partial charge in [-0.25, -0.2) is 4.79 Å². The summed E-state index contributed by atoms with van der Waals surface area (Å²) < 4.78 is 11.2. The number of carbonyl (C=O) groups excluding carboxylic acids is 1. The average molecular weight is 367 g/mol. The van der Waals surface area contributed by atoms with Crippen LogP contribution in [-0.2, 0) is 9.59 Å². The molecule has 1 aromatic carbocycles. The fourth-order valence-electron chi connectivity index (χ4n) is 2.45. The lowest BCUT2D eigenvalue weighted by Crippen LogP contribution is -2.41. The number of thioether (sulfide) groups is 1. The fourth-order valence-corrected chi connectivity index (χ4v) is 3.33. The molecule has 1 heterocycles. The molecule has 0 spiro atoms. The van der Waals surface area contributed by atoms with Crippen molar-refractivity contribution in [3.05, 3.63) is 18.2 Å². The highest BCUT2D eigenvalue weighted by Crippen LogP contribution is 2.34. The maximum atomic E-state index is 12.0. The van der Waals surface area contributed by atoms with E-state index in [1.165, 1.54) is 11.8 Å². The Morgan fingerprint density at radius 1 is 1.24 bits per heavy atom. The summed E-state index contributed by atoms with van der Waals surface area (Å²) in [6, 6.07) is 4.92. The maximum absolute atomic E-state index is 12.0. The molecule has 1 aromatic rings. The second-order valence-electron chi connectivity index (χ2n) is 6.35. The average Bonchev–Trinajstić information content (AvgIpc) is 2.78. The molecule has 0 fully saturated rings. The van der Waals surface area contributed by atoms with Crippen LogP contribution >= 0.6 is 11.8 Å². The molecule has 0 radical (unpaired) electrons. The third-order valence-electron chi connectivity index (χ3n) is 3.66. The molecule has 0 aliphatic carbocycles. The minimum absolute atomic E-state index is 0.206. The second-order valence-corrected chi connectivity index (χ2v) is 7.51. The summed E-state index contributed by atoms with van der Waals surface area (Å²) >= 11 is 1.53. The molecule has 7 heteroatoms. The summed E-state index contributed by atoms with van der Waals surface area (Å²) in [5, 5.41) is 11.8. The molecule has 1 aliphatic rings. The van der Waals surface area contributed by atoms with Gasteiger partial charge in [-0.15, -0.1) is 11.8 Å². The van der Waals surface area contributed by atoms with Crippen molar-refractivity contribution in [3.63, 3.8) is 0 Å². The van der Waals surface area contributed by atoms with Crippen LogP contribution in [-0.4, -0.2) is 42.0 Å². The number of carbonyl (C=O) groups is 2. The first-order valence-corrected chi connectivity index (χ1v) is 9.49. The van der Waals surface area contributed by atoms with Gasteiger partial charge in [0.2, 0.25) is 5.91 Å². The van der Waals surface area contributed by atoms with Gasteiger partial charge in [-0.05, 0) is 30.5 Å². The Bertz CT molecular complexity index is 605. The molecule has 1 amide bonds. The number of hydrogen-bond donors (Lipinski definition) is 2. The predicted octanol–water partition coefficient (Wildman–Crippen LogP) is 2.95. The number of hydrogen-bond acceptors (Lipinski definition) is 5. The summed E-state index contributed by atoms with van der Waals surface area (Å²) in [5.74, 6) is 1.02. The van der Waals surface area contributed by atoms with Gasteiger partial charge in [0.25, 0.3) is 0 Å². The summed E-state index contributed by atoms with van der Waals surface area (Å²) in [6.07, 6.45) is 1.55. The zero-order valence-corrected chi connectivity index (χ0v) is 15.4. The molecule has 138 valence electrons. The van der Waals surface area contributed by atoms with Crippen molar-refractivity contribution in [2.75, 3.05) is 19.0 Å². The Morgan fingerprint density at radius 2 is 1.96 bits per heavy atom. The Morgan fingerprint density at radius 3 is 2.64 bits per heavy atom. The minimum Gasteiger partial charge on any atom is -0.490 e. The third kappa shape index (κ3) is 6.49. The van der Waals surface area contributed by atoms with Gasteiger partial charge < -0.3 is 19.9 Å². The molecule has 25 heavy (non-hydrogen) atoms. The minimum atomic E-state index is -0.988. The summed E-state index contributed by atoms with van der Waals surface area (Å²) in [4.78, 5) is 24.2. The Balaban J connectivity index is 1.80. The first kappa shape index (κ1) is 19.4. The Labute approximate surface area is 152 Å². The number of rotatable bonds is 8. The number of aliphatic carboxylic acids is 1. The Kier molecular flexibility index (Phi) is 7.43. The SMILES string of the molecule is CC(C)CC(NC(=O)CCSc1ccc2c(c1)OCCCO2)C(=O)O. The molecular formula is C18H25NO5S. The van der Waals surface area contributed by atoms with Crippen molar-refractivity contribution in [2.24, 2.45) is 5.92 Å². The van der Waals surface area contributed by atoms with Gasteiger partial charge in [0.05, 0.1) is 13.2 Å². The van der Waals surface area contributed by atoms with Gasteiger partial charge in [0, 0.05) is 23.5 Å². The van der Waals surface area contributed by atoms with Crippen molar-refractivity contribution in [2.45, 2.75) is 44.0 Å². The standard InChI is InChI=1S/C18H25NO5S/c1-12(2)10-14(18(21)22)19-17(20)6-9-25-13-4-5-15-16(11-13)24-8-3-7-23-15/h4-5,11-12,14H,3,6-10H2,1-2H3,(H,19,20)(H,21,22). The van der Waals surface area contributed by atoms with E-state index in [1.807, 2.05) is 32.0 Å². The first-order valence-electron chi connectivity index (χ1n) is 8.50. The first-order chi connectivity index (χ1) is 12.0. The van der Waals surface area contributed by atoms with E-state index in [2.05, 4.69) is 5.32 Å². The lowest BCUT2D eigenvalue weighted by molar-refractivity contribution is -0.142. The summed E-state index contributed by atoms with van der Waals surface area (Å²) in [5.41, 5.74) is 0. The van der Waals surface area contributed by atoms with Crippen molar-refractivity contribution in [1.82, 2.24) is 5.32 Å². The van der Waals surface area contributed by atoms with Crippen LogP contribution in [0.1, 0.15) is 33.1 Å². The van der Waals surface area contributed by atoms with E-state index in [-0.39, 0.29) is 18.2 Å². The number of ether oxygens (including phenoxy) is 2. The molecule has 6 nitrogen and oxygen atoms in total. The van der Waals surface area contributed by atoms with Crippen molar-refractivity contribution in [3.8, 4) is 11.5 Å². The van der Waals surface area contributed by atoms with Crippen LogP contribution in [0, 0.1) is 5.92 Å². The van der Waals surface area contributed by atoms with Crippen LogP contribution in [0.4, 0.5) is 0 Å². The second kappa shape index (κ2) is 9.56. The van der Waals surface area contributed by atoms with E-state index >= 15 is 0 Å². The van der Waals surface area contributed by atoms with Crippen molar-refractivity contribution in [1.29, 1.82) is 0 Å². The highest BCUT2D eigenvalue weighted by molar-refractivity contribution is 7.99. The normalized spacial score (nSPS) is 14.7. The topological polar surface area (TPSA) is 84.9 Å². The number of fused-ring (bicyclic) bond motifs is 1. The van der Waals surface area contributed by atoms with Crippen molar-refractivity contribution < 1.29 is 24.2 Å². The molecule has 0 saturated carbocycles. The molecule has 0 saturated heterocycles. The van der Waals surface area contributed by atoms with E-state index < -0.39 is 12.0 Å². The van der Waals surface area contributed by atoms with Crippen LogP contribution in [0.2, 0.25) is 0 Å². The van der Waals surface area contributed by atoms with Crippen LogP contribution in [0.25, 0.3) is 0 Å². The van der Waals surface area contributed by atoms with E-state index in [1.54, 1.807) is 0 Å². The molecule has 2 N–H and O–H groups in total. The smallest absolute Gasteiger partial charge is 0.326 e. The quantitative estimate of drug-likeness (QED) is 0.687. The van der Waals surface area contributed by atoms with Gasteiger partial charge >= 0.3 is 5.97 Å². The monoisotopic (exact) mass is 367 g/mol. The largest absolute Gasteiger partial charge is 0.490 e. The zero-order valence-electron chi connectivity index (χ0n) is 14.6. The van der Waals surface area contributed by atoms with Gasteiger partial charge in [-0.3, -0.25) is 4.79 Å². The van der Waals surface area contributed by atoms with Crippen LogP contribution in [0.3, 0.4) is 0 Å². The molecule has 0 bridgehead atoms. The van der Waals surface area contributed by atoms with E-state index in [0.717, 1.165) is 22.8 Å². The molecule has 1 aliphatic heterocycles. The van der Waals surface area contributed by atoms with Crippen LogP contribution in [0.5, 0.6) is 11.5 Å². The summed E-state index contributed by atoms with van der Waals surface area (Å²) in [7, 11) is 0. The van der Waals surface area contributed by atoms with Gasteiger partial charge in [-0.2, -0.15) is 0 Å².